The van der Waals surface area contributed by atoms with Gasteiger partial charge in [0.2, 0.25) is 0 Å². The van der Waals surface area contributed by atoms with E-state index in [0.717, 1.165) is 13.1 Å². The first-order valence-corrected chi connectivity index (χ1v) is 5.19. The van der Waals surface area contributed by atoms with Gasteiger partial charge in [0.1, 0.15) is 0 Å². The van der Waals surface area contributed by atoms with Crippen LogP contribution in [0.4, 0.5) is 0 Å². The van der Waals surface area contributed by atoms with Crippen molar-refractivity contribution in [1.82, 2.24) is 5.32 Å². The average molecular weight is 169 g/mol. The molecule has 2 aliphatic rings. The molecule has 1 saturated carbocycles. The van der Waals surface area contributed by atoms with Gasteiger partial charge < -0.3 is 10.4 Å². The normalized spacial score (nSPS) is 42.2. The first-order valence-electron chi connectivity index (χ1n) is 5.19. The molecule has 0 aromatic heterocycles. The van der Waals surface area contributed by atoms with E-state index in [-0.39, 0.29) is 0 Å². The standard InChI is InChI=1S/C10H19NO/c12-7-9-3-1-2-4-10(9)5-6-11-8-10/h9,11-12H,1-8H2. The lowest BCUT2D eigenvalue weighted by molar-refractivity contribution is 0.0596. The molecular weight excluding hydrogens is 150 g/mol. The highest BCUT2D eigenvalue weighted by molar-refractivity contribution is 4.95. The molecule has 2 nitrogen and oxygen atoms in total. The minimum absolute atomic E-state index is 0.404. The summed E-state index contributed by atoms with van der Waals surface area (Å²) in [6.45, 7) is 2.72. The van der Waals surface area contributed by atoms with Crippen LogP contribution in [0.15, 0.2) is 0 Å². The summed E-state index contributed by atoms with van der Waals surface area (Å²) in [4.78, 5) is 0. The van der Waals surface area contributed by atoms with Crippen molar-refractivity contribution in [2.24, 2.45) is 11.3 Å². The lowest BCUT2D eigenvalue weighted by Gasteiger charge is -2.40. The first kappa shape index (κ1) is 8.52. The van der Waals surface area contributed by atoms with Crippen molar-refractivity contribution in [3.8, 4) is 0 Å². The highest BCUT2D eigenvalue weighted by atomic mass is 16.3. The van der Waals surface area contributed by atoms with E-state index in [0.29, 0.717) is 17.9 Å². The Kier molecular flexibility index (Phi) is 2.37. The number of rotatable bonds is 1. The largest absolute Gasteiger partial charge is 0.396 e. The average Bonchev–Trinajstić information content (AvgIpc) is 2.55. The molecule has 1 heterocycles. The van der Waals surface area contributed by atoms with Crippen molar-refractivity contribution in [3.05, 3.63) is 0 Å². The lowest BCUT2D eigenvalue weighted by Crippen LogP contribution is -2.37. The van der Waals surface area contributed by atoms with Crippen LogP contribution in [-0.4, -0.2) is 24.8 Å². The predicted octanol–water partition coefficient (Wildman–Crippen LogP) is 1.15. The van der Waals surface area contributed by atoms with Gasteiger partial charge in [0, 0.05) is 13.2 Å². The zero-order valence-corrected chi connectivity index (χ0v) is 7.68. The maximum Gasteiger partial charge on any atom is 0.0465 e. The molecule has 0 bridgehead atoms. The minimum Gasteiger partial charge on any atom is -0.396 e. The summed E-state index contributed by atoms with van der Waals surface area (Å²) in [6.07, 6.45) is 6.58. The molecule has 1 spiro atoms. The summed E-state index contributed by atoms with van der Waals surface area (Å²) in [7, 11) is 0. The van der Waals surface area contributed by atoms with Gasteiger partial charge in [-0.15, -0.1) is 0 Å². The molecule has 70 valence electrons. The first-order chi connectivity index (χ1) is 5.87. The Morgan fingerprint density at radius 2 is 2.25 bits per heavy atom. The lowest BCUT2D eigenvalue weighted by atomic mass is 9.66. The fourth-order valence-corrected chi connectivity index (χ4v) is 2.99. The Balaban J connectivity index is 2.07. The number of hydrogen-bond acceptors (Lipinski definition) is 2. The van der Waals surface area contributed by atoms with Crippen LogP contribution in [-0.2, 0) is 0 Å². The van der Waals surface area contributed by atoms with Crippen LogP contribution in [0.1, 0.15) is 32.1 Å². The molecular formula is C10H19NO. The van der Waals surface area contributed by atoms with Gasteiger partial charge in [0.05, 0.1) is 0 Å². The van der Waals surface area contributed by atoms with E-state index in [4.69, 9.17) is 0 Å². The van der Waals surface area contributed by atoms with Crippen LogP contribution in [0.25, 0.3) is 0 Å². The summed E-state index contributed by atoms with van der Waals surface area (Å²) in [6, 6.07) is 0. The van der Waals surface area contributed by atoms with Crippen molar-refractivity contribution in [2.75, 3.05) is 19.7 Å². The molecule has 2 unspecified atom stereocenters. The molecule has 1 aliphatic carbocycles. The van der Waals surface area contributed by atoms with Crippen molar-refractivity contribution in [2.45, 2.75) is 32.1 Å². The van der Waals surface area contributed by atoms with E-state index >= 15 is 0 Å². The van der Waals surface area contributed by atoms with Gasteiger partial charge >= 0.3 is 0 Å². The van der Waals surface area contributed by atoms with Gasteiger partial charge in [-0.2, -0.15) is 0 Å². The topological polar surface area (TPSA) is 32.3 Å². The molecule has 12 heavy (non-hydrogen) atoms. The van der Waals surface area contributed by atoms with Crippen LogP contribution in [0, 0.1) is 11.3 Å². The maximum atomic E-state index is 9.29. The van der Waals surface area contributed by atoms with Gasteiger partial charge in [0.15, 0.2) is 0 Å². The third-order valence-electron chi connectivity index (χ3n) is 3.84. The van der Waals surface area contributed by atoms with E-state index in [9.17, 15) is 5.11 Å². The van der Waals surface area contributed by atoms with Crippen LogP contribution in [0.3, 0.4) is 0 Å². The molecule has 2 N–H and O–H groups in total. The number of hydrogen-bond donors (Lipinski definition) is 2. The van der Waals surface area contributed by atoms with Crippen molar-refractivity contribution in [1.29, 1.82) is 0 Å². The molecule has 0 aromatic rings. The van der Waals surface area contributed by atoms with Crippen molar-refractivity contribution < 1.29 is 5.11 Å². The van der Waals surface area contributed by atoms with Gasteiger partial charge in [-0.1, -0.05) is 12.8 Å². The van der Waals surface area contributed by atoms with Gasteiger partial charge in [-0.05, 0) is 37.1 Å². The van der Waals surface area contributed by atoms with Crippen molar-refractivity contribution >= 4 is 0 Å². The van der Waals surface area contributed by atoms with E-state index in [1.165, 1.54) is 32.1 Å². The molecule has 1 aliphatic heterocycles. The molecule has 0 radical (unpaired) electrons. The molecule has 2 atom stereocenters. The van der Waals surface area contributed by atoms with Crippen molar-refractivity contribution in [3.63, 3.8) is 0 Å². The molecule has 2 rings (SSSR count). The second kappa shape index (κ2) is 3.35. The minimum atomic E-state index is 0.404. The summed E-state index contributed by atoms with van der Waals surface area (Å²) < 4.78 is 0. The van der Waals surface area contributed by atoms with Crippen LogP contribution in [0.5, 0.6) is 0 Å². The monoisotopic (exact) mass is 169 g/mol. The Labute approximate surface area is 74.4 Å². The summed E-state index contributed by atoms with van der Waals surface area (Å²) >= 11 is 0. The van der Waals surface area contributed by atoms with E-state index < -0.39 is 0 Å². The molecule has 1 saturated heterocycles. The highest BCUT2D eigenvalue weighted by Crippen LogP contribution is 2.45. The fourth-order valence-electron chi connectivity index (χ4n) is 2.99. The Morgan fingerprint density at radius 1 is 1.33 bits per heavy atom. The summed E-state index contributed by atoms with van der Waals surface area (Å²) in [5, 5.41) is 12.7. The molecule has 0 amide bonds. The SMILES string of the molecule is OCC1CCCCC12CCNC2. The highest BCUT2D eigenvalue weighted by Gasteiger charge is 2.42. The fraction of sp³-hybridized carbons (Fsp3) is 1.00. The Morgan fingerprint density at radius 3 is 2.92 bits per heavy atom. The maximum absolute atomic E-state index is 9.29. The summed E-state index contributed by atoms with van der Waals surface area (Å²) in [5.41, 5.74) is 0.479. The van der Waals surface area contributed by atoms with Crippen LogP contribution >= 0.6 is 0 Å². The van der Waals surface area contributed by atoms with Crippen LogP contribution < -0.4 is 5.32 Å². The molecule has 0 aromatic carbocycles. The number of aliphatic hydroxyl groups is 1. The van der Waals surface area contributed by atoms with Gasteiger partial charge in [0.25, 0.3) is 0 Å². The smallest absolute Gasteiger partial charge is 0.0465 e. The van der Waals surface area contributed by atoms with Gasteiger partial charge in [-0.3, -0.25) is 0 Å². The number of aliphatic hydroxyl groups excluding tert-OH is 1. The summed E-state index contributed by atoms with van der Waals surface area (Å²) in [5.74, 6) is 0.584. The quantitative estimate of drug-likeness (QED) is 0.617. The zero-order chi connectivity index (χ0) is 8.44. The third kappa shape index (κ3) is 1.27. The zero-order valence-electron chi connectivity index (χ0n) is 7.68. The van der Waals surface area contributed by atoms with E-state index in [1.54, 1.807) is 0 Å². The molecule has 2 fully saturated rings. The van der Waals surface area contributed by atoms with E-state index in [2.05, 4.69) is 5.32 Å². The van der Waals surface area contributed by atoms with Gasteiger partial charge in [-0.25, -0.2) is 0 Å². The molecule has 2 heteroatoms. The second-order valence-electron chi connectivity index (χ2n) is 4.41. The Hall–Kier alpha value is -0.0800. The Bertz CT molecular complexity index is 152. The second-order valence-corrected chi connectivity index (χ2v) is 4.41. The van der Waals surface area contributed by atoms with E-state index in [1.807, 2.05) is 0 Å². The third-order valence-corrected chi connectivity index (χ3v) is 3.84. The van der Waals surface area contributed by atoms with Crippen LogP contribution in [0.2, 0.25) is 0 Å². The predicted molar refractivity (Wildman–Crippen MR) is 49.0 cm³/mol. The number of nitrogens with one attached hydrogen (secondary N) is 1.